The molecule has 0 aliphatic heterocycles. The van der Waals surface area contributed by atoms with Crippen molar-refractivity contribution in [2.75, 3.05) is 12.4 Å². The molecule has 1 fully saturated rings. The Hall–Kier alpha value is -4.59. The Morgan fingerprint density at radius 1 is 1.05 bits per heavy atom. The van der Waals surface area contributed by atoms with Crippen molar-refractivity contribution in [2.24, 2.45) is 0 Å². The van der Waals surface area contributed by atoms with E-state index in [1.807, 2.05) is 37.3 Å². The Balaban J connectivity index is 1.37. The number of benzene rings is 3. The van der Waals surface area contributed by atoms with E-state index in [9.17, 15) is 14.7 Å². The van der Waals surface area contributed by atoms with Crippen LogP contribution in [0.1, 0.15) is 52.4 Å². The van der Waals surface area contributed by atoms with Crippen molar-refractivity contribution < 1.29 is 19.4 Å². The van der Waals surface area contributed by atoms with Gasteiger partial charge in [-0.25, -0.2) is 4.79 Å². The second-order valence-corrected chi connectivity index (χ2v) is 9.47. The number of amides is 2. The second-order valence-electron chi connectivity index (χ2n) is 9.47. The van der Waals surface area contributed by atoms with Crippen LogP contribution in [0.4, 0.5) is 10.5 Å². The van der Waals surface area contributed by atoms with E-state index in [1.165, 1.54) is 17.9 Å². The van der Waals surface area contributed by atoms with Crippen LogP contribution in [0.25, 0.3) is 11.3 Å². The van der Waals surface area contributed by atoms with Crippen molar-refractivity contribution in [1.29, 1.82) is 0 Å². The van der Waals surface area contributed by atoms with Crippen LogP contribution in [0.2, 0.25) is 0 Å². The van der Waals surface area contributed by atoms with Gasteiger partial charge in [-0.3, -0.25) is 4.79 Å². The maximum atomic E-state index is 13.2. The summed E-state index contributed by atoms with van der Waals surface area (Å²) in [6.07, 6.45) is 3.11. The number of carbonyl (C=O) groups excluding carboxylic acids is 2. The number of phenolic OH excluding ortho intramolecular Hbond substituents is 1. The van der Waals surface area contributed by atoms with Gasteiger partial charge in [-0.1, -0.05) is 42.8 Å². The molecule has 1 aliphatic rings. The van der Waals surface area contributed by atoms with Crippen molar-refractivity contribution in [3.05, 3.63) is 95.2 Å². The molecule has 0 bridgehead atoms. The first-order valence-corrected chi connectivity index (χ1v) is 12.6. The van der Waals surface area contributed by atoms with E-state index in [1.54, 1.807) is 36.4 Å². The fraction of sp³-hybridized carbons (Fsp3) is 0.233. The number of nitrogens with one attached hydrogen (secondary N) is 2. The monoisotopic (exact) mass is 510 g/mol. The van der Waals surface area contributed by atoms with Crippen LogP contribution in [-0.4, -0.2) is 33.9 Å². The molecule has 38 heavy (non-hydrogen) atoms. The minimum atomic E-state index is -0.350. The molecule has 3 aromatic carbocycles. The molecule has 1 aliphatic carbocycles. The quantitative estimate of drug-likeness (QED) is 0.289. The molecule has 4 aromatic rings. The van der Waals surface area contributed by atoms with Gasteiger partial charge in [0.25, 0.3) is 5.91 Å². The largest absolute Gasteiger partial charge is 0.507 e. The lowest BCUT2D eigenvalue weighted by Gasteiger charge is -2.25. The van der Waals surface area contributed by atoms with Crippen LogP contribution in [0.15, 0.2) is 72.8 Å². The number of para-hydroxylation sites is 1. The minimum Gasteiger partial charge on any atom is -0.507 e. The van der Waals surface area contributed by atoms with Gasteiger partial charge in [-0.05, 0) is 61.2 Å². The maximum absolute atomic E-state index is 13.2. The summed E-state index contributed by atoms with van der Waals surface area (Å²) in [7, 11) is 1.51. The van der Waals surface area contributed by atoms with Crippen molar-refractivity contribution in [1.82, 2.24) is 15.1 Å². The number of anilines is 1. The molecular formula is C30H30N4O4. The summed E-state index contributed by atoms with van der Waals surface area (Å²) in [4.78, 5) is 25.9. The third-order valence-corrected chi connectivity index (χ3v) is 7.03. The molecule has 3 N–H and O–H groups in total. The van der Waals surface area contributed by atoms with Crippen LogP contribution in [-0.2, 0) is 6.54 Å². The van der Waals surface area contributed by atoms with Gasteiger partial charge >= 0.3 is 6.03 Å². The number of aryl methyl sites for hydroxylation is 1. The molecule has 0 radical (unpaired) electrons. The number of carbonyl (C=O) groups is 2. The minimum absolute atomic E-state index is 0.0482. The van der Waals surface area contributed by atoms with Crippen molar-refractivity contribution in [2.45, 2.75) is 38.6 Å². The normalized spacial score (nSPS) is 13.0. The summed E-state index contributed by atoms with van der Waals surface area (Å²) in [5.41, 5.74) is 4.78. The first kappa shape index (κ1) is 25.1. The summed E-state index contributed by atoms with van der Waals surface area (Å²) in [5.74, 6) is 0.312. The number of nitrogens with zero attached hydrogens (tertiary/aromatic N) is 2. The van der Waals surface area contributed by atoms with E-state index in [0.29, 0.717) is 34.8 Å². The average molecular weight is 511 g/mol. The van der Waals surface area contributed by atoms with Gasteiger partial charge in [0.05, 0.1) is 24.1 Å². The Morgan fingerprint density at radius 2 is 1.82 bits per heavy atom. The number of rotatable bonds is 7. The highest BCUT2D eigenvalue weighted by molar-refractivity contribution is 6.06. The fourth-order valence-electron chi connectivity index (χ4n) is 4.60. The zero-order chi connectivity index (χ0) is 26.6. The number of hydrogen-bond donors (Lipinski definition) is 3. The zero-order valence-corrected chi connectivity index (χ0v) is 21.4. The highest BCUT2D eigenvalue weighted by atomic mass is 16.5. The number of phenols is 1. The fourth-order valence-corrected chi connectivity index (χ4v) is 4.60. The SMILES string of the molecule is COc1ccccc1C(=O)Nc1ccc(-c2cc(C3CCC3)n(C(=O)NCc3ccccc3C)n2)c(O)c1. The molecule has 0 saturated heterocycles. The van der Waals surface area contributed by atoms with Crippen molar-refractivity contribution in [3.8, 4) is 22.8 Å². The van der Waals surface area contributed by atoms with Crippen LogP contribution < -0.4 is 15.4 Å². The lowest BCUT2D eigenvalue weighted by molar-refractivity contribution is 0.102. The van der Waals surface area contributed by atoms with E-state index in [4.69, 9.17) is 4.74 Å². The van der Waals surface area contributed by atoms with E-state index in [2.05, 4.69) is 15.7 Å². The molecule has 0 spiro atoms. The van der Waals surface area contributed by atoms with Gasteiger partial charge in [0.2, 0.25) is 0 Å². The van der Waals surface area contributed by atoms with Crippen LogP contribution in [0.3, 0.4) is 0 Å². The summed E-state index contributed by atoms with van der Waals surface area (Å²) >= 11 is 0. The number of aromatic hydroxyl groups is 1. The second kappa shape index (κ2) is 10.8. The third kappa shape index (κ3) is 5.11. The average Bonchev–Trinajstić information content (AvgIpc) is 3.31. The number of methoxy groups -OCH3 is 1. The number of hydrogen-bond acceptors (Lipinski definition) is 5. The Kier molecular flexibility index (Phi) is 7.13. The molecule has 8 heteroatoms. The molecule has 0 unspecified atom stereocenters. The van der Waals surface area contributed by atoms with E-state index in [-0.39, 0.29) is 23.6 Å². The molecule has 194 valence electrons. The number of aromatic nitrogens is 2. The highest BCUT2D eigenvalue weighted by Gasteiger charge is 2.27. The van der Waals surface area contributed by atoms with Gasteiger partial charge in [0.15, 0.2) is 0 Å². The third-order valence-electron chi connectivity index (χ3n) is 7.03. The summed E-state index contributed by atoms with van der Waals surface area (Å²) in [5, 5.41) is 21.2. The van der Waals surface area contributed by atoms with Gasteiger partial charge in [-0.2, -0.15) is 9.78 Å². The lowest BCUT2D eigenvalue weighted by Crippen LogP contribution is -2.31. The van der Waals surface area contributed by atoms with Gasteiger partial charge in [-0.15, -0.1) is 0 Å². The van der Waals surface area contributed by atoms with Gasteiger partial charge in [0.1, 0.15) is 11.5 Å². The van der Waals surface area contributed by atoms with Gasteiger partial charge < -0.3 is 20.5 Å². The Labute approximate surface area is 221 Å². The maximum Gasteiger partial charge on any atom is 0.342 e. The van der Waals surface area contributed by atoms with E-state index in [0.717, 1.165) is 36.1 Å². The van der Waals surface area contributed by atoms with Crippen LogP contribution in [0, 0.1) is 6.92 Å². The summed E-state index contributed by atoms with van der Waals surface area (Å²) < 4.78 is 6.69. The molecule has 0 atom stereocenters. The Morgan fingerprint density at radius 3 is 2.53 bits per heavy atom. The number of ether oxygens (including phenoxy) is 1. The first-order chi connectivity index (χ1) is 18.4. The predicted octanol–water partition coefficient (Wildman–Crippen LogP) is 5.85. The van der Waals surface area contributed by atoms with Crippen LogP contribution in [0.5, 0.6) is 11.5 Å². The molecule has 1 aromatic heterocycles. The van der Waals surface area contributed by atoms with E-state index < -0.39 is 0 Å². The summed E-state index contributed by atoms with van der Waals surface area (Å²) in [6.45, 7) is 2.41. The molecule has 1 saturated carbocycles. The molecule has 8 nitrogen and oxygen atoms in total. The van der Waals surface area contributed by atoms with E-state index >= 15 is 0 Å². The molecule has 2 amide bonds. The van der Waals surface area contributed by atoms with Crippen molar-refractivity contribution >= 4 is 17.6 Å². The molecular weight excluding hydrogens is 480 g/mol. The highest BCUT2D eigenvalue weighted by Crippen LogP contribution is 2.39. The van der Waals surface area contributed by atoms with Gasteiger partial charge in [0, 0.05) is 29.8 Å². The zero-order valence-electron chi connectivity index (χ0n) is 21.4. The Bertz CT molecular complexity index is 1490. The van der Waals surface area contributed by atoms with Crippen LogP contribution >= 0.6 is 0 Å². The first-order valence-electron chi connectivity index (χ1n) is 12.6. The smallest absolute Gasteiger partial charge is 0.342 e. The molecule has 1 heterocycles. The summed E-state index contributed by atoms with van der Waals surface area (Å²) in [6, 6.07) is 21.3. The lowest BCUT2D eigenvalue weighted by atomic mass is 9.82. The van der Waals surface area contributed by atoms with Crippen molar-refractivity contribution in [3.63, 3.8) is 0 Å². The molecule has 5 rings (SSSR count). The predicted molar refractivity (Wildman–Crippen MR) is 146 cm³/mol. The topological polar surface area (TPSA) is 105 Å². The standard InChI is InChI=1S/C30H30N4O4/c1-19-8-3-4-9-21(19)18-31-30(37)34-26(20-10-7-11-20)17-25(33-34)23-15-14-22(16-27(23)35)32-29(36)24-12-5-6-13-28(24)38-2/h3-6,8-9,12-17,20,35H,7,10-11,18H2,1-2H3,(H,31,37)(H,32,36).